The molecule has 1 saturated heterocycles. The number of benzene rings is 2. The number of rotatable bonds is 4. The zero-order chi connectivity index (χ0) is 23.0. The molecule has 0 amide bonds. The third-order valence-electron chi connectivity index (χ3n) is 5.75. The van der Waals surface area contributed by atoms with Crippen molar-refractivity contribution >= 4 is 22.6 Å². The molecule has 0 saturated carbocycles. The highest BCUT2D eigenvalue weighted by atomic mass is 35.5. The summed E-state index contributed by atoms with van der Waals surface area (Å²) in [5, 5.41) is 0.486. The fourth-order valence-electron chi connectivity index (χ4n) is 4.19. The summed E-state index contributed by atoms with van der Waals surface area (Å²) in [5.74, 6) is -0.254. The van der Waals surface area contributed by atoms with Gasteiger partial charge in [-0.05, 0) is 48.7 Å². The number of hydrogen-bond acceptors (Lipinski definition) is 4. The van der Waals surface area contributed by atoms with Crippen molar-refractivity contribution in [2.75, 3.05) is 13.1 Å². The maximum absolute atomic E-state index is 12.8. The van der Waals surface area contributed by atoms with E-state index in [1.54, 1.807) is 41.9 Å². The molecule has 0 unspecified atom stereocenters. The van der Waals surface area contributed by atoms with Gasteiger partial charge < -0.3 is 9.30 Å². The Labute approximate surface area is 186 Å². The molecule has 1 aromatic heterocycles. The molecule has 1 fully saturated rings. The van der Waals surface area contributed by atoms with Crippen molar-refractivity contribution in [2.24, 2.45) is 7.05 Å². The van der Waals surface area contributed by atoms with Crippen LogP contribution in [0.5, 0.6) is 5.75 Å². The number of piperidine rings is 1. The second-order valence-corrected chi connectivity index (χ2v) is 8.31. The summed E-state index contributed by atoms with van der Waals surface area (Å²) in [4.78, 5) is 27.4. The molecule has 0 radical (unpaired) electrons. The maximum Gasteiger partial charge on any atom is 0.573 e. The predicted octanol–water partition coefficient (Wildman–Crippen LogP) is 4.09. The van der Waals surface area contributed by atoms with E-state index in [-0.39, 0.29) is 11.8 Å². The van der Waals surface area contributed by atoms with Gasteiger partial charge in [-0.2, -0.15) is 0 Å². The highest BCUT2D eigenvalue weighted by Crippen LogP contribution is 2.27. The van der Waals surface area contributed by atoms with Crippen LogP contribution in [0.3, 0.4) is 0 Å². The van der Waals surface area contributed by atoms with Gasteiger partial charge in [-0.1, -0.05) is 23.7 Å². The van der Waals surface area contributed by atoms with Crippen molar-refractivity contribution in [3.8, 4) is 5.75 Å². The summed E-state index contributed by atoms with van der Waals surface area (Å²) in [6.07, 6.45) is -3.40. The average molecular weight is 468 g/mol. The lowest BCUT2D eigenvalue weighted by Crippen LogP contribution is -2.44. The number of aryl methyl sites for hydroxylation is 1. The predicted molar refractivity (Wildman–Crippen MR) is 115 cm³/mol. The molecule has 0 spiro atoms. The van der Waals surface area contributed by atoms with Gasteiger partial charge in [0.05, 0.1) is 11.0 Å². The van der Waals surface area contributed by atoms with E-state index in [1.165, 1.54) is 16.7 Å². The summed E-state index contributed by atoms with van der Waals surface area (Å²) in [7, 11) is 1.57. The van der Waals surface area contributed by atoms with Crippen LogP contribution in [0.1, 0.15) is 24.4 Å². The van der Waals surface area contributed by atoms with Gasteiger partial charge in [0, 0.05) is 37.7 Å². The molecule has 170 valence electrons. The molecule has 4 rings (SSSR count). The molecular formula is C22H21ClF3N3O3. The fraction of sp³-hybridized carbons (Fsp3) is 0.364. The number of hydrogen-bond donors (Lipinski definition) is 0. The van der Waals surface area contributed by atoms with Crippen LogP contribution in [0, 0.1) is 0 Å². The first-order chi connectivity index (χ1) is 15.1. The fourth-order valence-corrected chi connectivity index (χ4v) is 4.36. The number of halogens is 4. The highest BCUT2D eigenvalue weighted by Gasteiger charge is 2.31. The number of likely N-dealkylation sites (tertiary alicyclic amines) is 1. The molecule has 0 aliphatic carbocycles. The maximum atomic E-state index is 12.8. The Morgan fingerprint density at radius 2 is 1.66 bits per heavy atom. The minimum absolute atomic E-state index is 0.142. The van der Waals surface area contributed by atoms with Crippen LogP contribution in [0.25, 0.3) is 11.0 Å². The molecule has 0 N–H and O–H groups in total. The van der Waals surface area contributed by atoms with E-state index in [2.05, 4.69) is 9.64 Å². The summed E-state index contributed by atoms with van der Waals surface area (Å²) in [6, 6.07) is 10.8. The van der Waals surface area contributed by atoms with Crippen LogP contribution in [0.2, 0.25) is 5.02 Å². The van der Waals surface area contributed by atoms with Gasteiger partial charge in [0.15, 0.2) is 0 Å². The van der Waals surface area contributed by atoms with E-state index in [1.807, 2.05) is 0 Å². The van der Waals surface area contributed by atoms with E-state index < -0.39 is 17.5 Å². The molecule has 1 aliphatic heterocycles. The number of aromatic nitrogens is 2. The lowest BCUT2D eigenvalue weighted by Gasteiger charge is -2.33. The lowest BCUT2D eigenvalue weighted by molar-refractivity contribution is -0.274. The van der Waals surface area contributed by atoms with Gasteiger partial charge in [0.2, 0.25) is 0 Å². The number of ether oxygens (including phenoxy) is 1. The molecule has 10 heteroatoms. The molecule has 2 aromatic carbocycles. The average Bonchev–Trinajstić information content (AvgIpc) is 2.74. The van der Waals surface area contributed by atoms with E-state index in [4.69, 9.17) is 11.6 Å². The molecule has 0 atom stereocenters. The van der Waals surface area contributed by atoms with Crippen molar-refractivity contribution in [1.29, 1.82) is 0 Å². The third-order valence-corrected chi connectivity index (χ3v) is 5.99. The third kappa shape index (κ3) is 4.68. The summed E-state index contributed by atoms with van der Waals surface area (Å²) >= 11 is 6.15. The Hall–Kier alpha value is -2.78. The molecule has 2 heterocycles. The van der Waals surface area contributed by atoms with Gasteiger partial charge in [0.25, 0.3) is 0 Å². The van der Waals surface area contributed by atoms with Crippen LogP contribution < -0.4 is 15.9 Å². The highest BCUT2D eigenvalue weighted by molar-refractivity contribution is 6.31. The lowest BCUT2D eigenvalue weighted by atomic mass is 10.0. The standard InChI is InChI=1S/C22H21ClF3N3O3/c1-27-18-7-4-15(23)12-19(18)29(21(31)20(27)30)16-8-10-28(11-9-16)13-14-2-5-17(6-3-14)32-22(24,25)26/h2-7,12,16H,8-11,13H2,1H3. The first-order valence-electron chi connectivity index (χ1n) is 10.1. The van der Waals surface area contributed by atoms with E-state index in [0.29, 0.717) is 48.5 Å². The summed E-state index contributed by atoms with van der Waals surface area (Å²) < 4.78 is 43.7. The van der Waals surface area contributed by atoms with Gasteiger partial charge in [-0.15, -0.1) is 13.2 Å². The van der Waals surface area contributed by atoms with Crippen molar-refractivity contribution in [3.63, 3.8) is 0 Å². The van der Waals surface area contributed by atoms with Crippen LogP contribution >= 0.6 is 11.6 Å². The molecule has 3 aromatic rings. The van der Waals surface area contributed by atoms with E-state index in [9.17, 15) is 22.8 Å². The Morgan fingerprint density at radius 3 is 2.28 bits per heavy atom. The Morgan fingerprint density at radius 1 is 1.00 bits per heavy atom. The van der Waals surface area contributed by atoms with Crippen LogP contribution in [-0.2, 0) is 13.6 Å². The quantitative estimate of drug-likeness (QED) is 0.542. The second-order valence-electron chi connectivity index (χ2n) is 7.87. The summed E-state index contributed by atoms with van der Waals surface area (Å²) in [5.41, 5.74) is 0.983. The molecule has 32 heavy (non-hydrogen) atoms. The smallest absolute Gasteiger partial charge is 0.406 e. The SMILES string of the molecule is Cn1c(=O)c(=O)n(C2CCN(Cc3ccc(OC(F)(F)F)cc3)CC2)c2cc(Cl)ccc21. The van der Waals surface area contributed by atoms with Gasteiger partial charge >= 0.3 is 17.5 Å². The Bertz CT molecular complexity index is 1240. The van der Waals surface area contributed by atoms with Gasteiger partial charge in [0.1, 0.15) is 5.75 Å². The van der Waals surface area contributed by atoms with Crippen molar-refractivity contribution < 1.29 is 17.9 Å². The number of nitrogens with zero attached hydrogens (tertiary/aromatic N) is 3. The van der Waals surface area contributed by atoms with E-state index >= 15 is 0 Å². The normalized spacial score (nSPS) is 15.9. The second kappa shape index (κ2) is 8.63. The summed E-state index contributed by atoms with van der Waals surface area (Å²) in [6.45, 7) is 1.92. The number of alkyl halides is 3. The molecule has 0 bridgehead atoms. The monoisotopic (exact) mass is 467 g/mol. The Kier molecular flexibility index (Phi) is 6.05. The van der Waals surface area contributed by atoms with Crippen molar-refractivity contribution in [1.82, 2.24) is 14.0 Å². The van der Waals surface area contributed by atoms with Crippen molar-refractivity contribution in [3.05, 3.63) is 73.8 Å². The first kappa shape index (κ1) is 22.4. The van der Waals surface area contributed by atoms with Crippen molar-refractivity contribution in [2.45, 2.75) is 31.8 Å². The van der Waals surface area contributed by atoms with E-state index in [0.717, 1.165) is 5.56 Å². The minimum atomic E-state index is -4.71. The first-order valence-corrected chi connectivity index (χ1v) is 10.5. The zero-order valence-electron chi connectivity index (χ0n) is 17.2. The van der Waals surface area contributed by atoms with Crippen LogP contribution in [0.15, 0.2) is 52.1 Å². The largest absolute Gasteiger partial charge is 0.573 e. The molecule has 1 aliphatic rings. The molecule has 6 nitrogen and oxygen atoms in total. The topological polar surface area (TPSA) is 56.5 Å². The Balaban J connectivity index is 1.49. The zero-order valence-corrected chi connectivity index (χ0v) is 18.0. The van der Waals surface area contributed by atoms with Gasteiger partial charge in [-0.3, -0.25) is 19.1 Å². The number of fused-ring (bicyclic) bond motifs is 1. The van der Waals surface area contributed by atoms with Crippen LogP contribution in [0.4, 0.5) is 13.2 Å². The van der Waals surface area contributed by atoms with Crippen LogP contribution in [-0.4, -0.2) is 33.5 Å². The van der Waals surface area contributed by atoms with Gasteiger partial charge in [-0.25, -0.2) is 0 Å². The minimum Gasteiger partial charge on any atom is -0.406 e. The molecular weight excluding hydrogens is 447 g/mol.